The minimum atomic E-state index is 0.348. The van der Waals surface area contributed by atoms with E-state index in [1.54, 1.807) is 0 Å². The van der Waals surface area contributed by atoms with Crippen LogP contribution in [-0.4, -0.2) is 13.1 Å². The third-order valence-electron chi connectivity index (χ3n) is 3.78. The Labute approximate surface area is 113 Å². The fourth-order valence-electron chi connectivity index (χ4n) is 2.46. The fourth-order valence-corrected chi connectivity index (χ4v) is 2.46. The summed E-state index contributed by atoms with van der Waals surface area (Å²) < 4.78 is 0. The SMILES string of the molecule is CCc1ccc(CCCC(NC)C(C)(C)C)cc1. The van der Waals surface area contributed by atoms with Crippen LogP contribution in [-0.2, 0) is 12.8 Å². The highest BCUT2D eigenvalue weighted by atomic mass is 14.9. The average Bonchev–Trinajstić information content (AvgIpc) is 2.34. The molecule has 0 aliphatic rings. The number of aryl methyl sites for hydroxylation is 2. The maximum Gasteiger partial charge on any atom is 0.0113 e. The molecular formula is C17H29N. The van der Waals surface area contributed by atoms with Gasteiger partial charge in [-0.15, -0.1) is 0 Å². The molecule has 0 saturated carbocycles. The van der Waals surface area contributed by atoms with Gasteiger partial charge < -0.3 is 5.32 Å². The molecule has 0 aliphatic heterocycles. The van der Waals surface area contributed by atoms with Crippen LogP contribution in [0.4, 0.5) is 0 Å². The van der Waals surface area contributed by atoms with Crippen LogP contribution in [0.2, 0.25) is 0 Å². The van der Waals surface area contributed by atoms with Gasteiger partial charge in [0.1, 0.15) is 0 Å². The second kappa shape index (κ2) is 6.94. The molecule has 1 rings (SSSR count). The summed E-state index contributed by atoms with van der Waals surface area (Å²) in [7, 11) is 2.08. The molecule has 0 saturated heterocycles. The Morgan fingerprint density at radius 3 is 2.06 bits per heavy atom. The second-order valence-corrected chi connectivity index (χ2v) is 6.27. The van der Waals surface area contributed by atoms with Crippen LogP contribution in [0.25, 0.3) is 0 Å². The van der Waals surface area contributed by atoms with Crippen molar-refractivity contribution in [2.24, 2.45) is 5.41 Å². The Hall–Kier alpha value is -0.820. The van der Waals surface area contributed by atoms with Crippen molar-refractivity contribution >= 4 is 0 Å². The van der Waals surface area contributed by atoms with Crippen molar-refractivity contribution < 1.29 is 0 Å². The zero-order valence-electron chi connectivity index (χ0n) is 12.7. The molecule has 0 radical (unpaired) electrons. The molecule has 1 aromatic carbocycles. The molecule has 1 aromatic rings. The number of hydrogen-bond donors (Lipinski definition) is 1. The lowest BCUT2D eigenvalue weighted by atomic mass is 9.83. The Balaban J connectivity index is 2.40. The molecule has 0 amide bonds. The number of nitrogens with one attached hydrogen (secondary N) is 1. The van der Waals surface area contributed by atoms with E-state index in [-0.39, 0.29) is 0 Å². The highest BCUT2D eigenvalue weighted by Gasteiger charge is 2.21. The van der Waals surface area contributed by atoms with Gasteiger partial charge in [0.05, 0.1) is 0 Å². The smallest absolute Gasteiger partial charge is 0.0113 e. The zero-order valence-corrected chi connectivity index (χ0v) is 12.7. The maximum absolute atomic E-state index is 3.45. The van der Waals surface area contributed by atoms with E-state index in [0.717, 1.165) is 6.42 Å². The second-order valence-electron chi connectivity index (χ2n) is 6.27. The van der Waals surface area contributed by atoms with Crippen LogP contribution < -0.4 is 5.32 Å². The van der Waals surface area contributed by atoms with Gasteiger partial charge in [0.15, 0.2) is 0 Å². The molecule has 0 aliphatic carbocycles. The molecule has 1 N–H and O–H groups in total. The predicted molar refractivity (Wildman–Crippen MR) is 81.1 cm³/mol. The first kappa shape index (κ1) is 15.2. The molecule has 1 heteroatoms. The van der Waals surface area contributed by atoms with Crippen LogP contribution in [0.1, 0.15) is 51.7 Å². The molecule has 0 bridgehead atoms. The topological polar surface area (TPSA) is 12.0 Å². The minimum absolute atomic E-state index is 0.348. The first-order valence-corrected chi connectivity index (χ1v) is 7.22. The van der Waals surface area contributed by atoms with Crippen LogP contribution in [0.3, 0.4) is 0 Å². The van der Waals surface area contributed by atoms with E-state index >= 15 is 0 Å². The molecule has 18 heavy (non-hydrogen) atoms. The quantitative estimate of drug-likeness (QED) is 0.794. The monoisotopic (exact) mass is 247 g/mol. The largest absolute Gasteiger partial charge is 0.316 e. The van der Waals surface area contributed by atoms with Crippen molar-refractivity contribution in [1.29, 1.82) is 0 Å². The standard InChI is InChI=1S/C17H29N/c1-6-14-10-12-15(13-11-14)8-7-9-16(18-5)17(2,3)4/h10-13,16,18H,6-9H2,1-5H3. The van der Waals surface area contributed by atoms with Gasteiger partial charge in [-0.3, -0.25) is 0 Å². The van der Waals surface area contributed by atoms with Gasteiger partial charge in [-0.2, -0.15) is 0 Å². The summed E-state index contributed by atoms with van der Waals surface area (Å²) in [6.45, 7) is 9.13. The van der Waals surface area contributed by atoms with Gasteiger partial charge in [0.25, 0.3) is 0 Å². The van der Waals surface area contributed by atoms with Crippen molar-refractivity contribution in [2.75, 3.05) is 7.05 Å². The molecule has 0 spiro atoms. The van der Waals surface area contributed by atoms with Gasteiger partial charge in [-0.25, -0.2) is 0 Å². The molecule has 1 unspecified atom stereocenters. The molecule has 0 aromatic heterocycles. The summed E-state index contributed by atoms with van der Waals surface area (Å²) in [5.41, 5.74) is 3.25. The summed E-state index contributed by atoms with van der Waals surface area (Å²) in [5, 5.41) is 3.45. The number of benzene rings is 1. The van der Waals surface area contributed by atoms with E-state index in [0.29, 0.717) is 11.5 Å². The van der Waals surface area contributed by atoms with E-state index < -0.39 is 0 Å². The third kappa shape index (κ3) is 4.81. The molecule has 0 heterocycles. The van der Waals surface area contributed by atoms with Crippen LogP contribution in [0, 0.1) is 5.41 Å². The van der Waals surface area contributed by atoms with Gasteiger partial charge in [0.2, 0.25) is 0 Å². The summed E-state index contributed by atoms with van der Waals surface area (Å²) >= 11 is 0. The van der Waals surface area contributed by atoms with Crippen LogP contribution in [0.15, 0.2) is 24.3 Å². The Morgan fingerprint density at radius 1 is 1.06 bits per heavy atom. The first-order chi connectivity index (χ1) is 8.47. The molecule has 102 valence electrons. The summed E-state index contributed by atoms with van der Waals surface area (Å²) in [5.74, 6) is 0. The van der Waals surface area contributed by atoms with Gasteiger partial charge >= 0.3 is 0 Å². The highest BCUT2D eigenvalue weighted by molar-refractivity contribution is 5.22. The number of rotatable bonds is 6. The predicted octanol–water partition coefficient (Wildman–Crippen LogP) is 4.21. The van der Waals surface area contributed by atoms with Gasteiger partial charge in [0, 0.05) is 6.04 Å². The summed E-state index contributed by atoms with van der Waals surface area (Å²) in [6.07, 6.45) is 4.83. The lowest BCUT2D eigenvalue weighted by molar-refractivity contribution is 0.263. The Kier molecular flexibility index (Phi) is 5.87. The third-order valence-corrected chi connectivity index (χ3v) is 3.78. The Bertz CT molecular complexity index is 332. The minimum Gasteiger partial charge on any atom is -0.316 e. The van der Waals surface area contributed by atoms with Gasteiger partial charge in [-0.05, 0) is 49.3 Å². The van der Waals surface area contributed by atoms with E-state index in [9.17, 15) is 0 Å². The fraction of sp³-hybridized carbons (Fsp3) is 0.647. The van der Waals surface area contributed by atoms with Crippen LogP contribution in [0.5, 0.6) is 0 Å². The van der Waals surface area contributed by atoms with Crippen molar-refractivity contribution in [3.63, 3.8) is 0 Å². The summed E-state index contributed by atoms with van der Waals surface area (Å²) in [6, 6.07) is 9.69. The molecule has 1 nitrogen and oxygen atoms in total. The lowest BCUT2D eigenvalue weighted by Gasteiger charge is -2.30. The van der Waals surface area contributed by atoms with Crippen molar-refractivity contribution in [3.8, 4) is 0 Å². The molecule has 1 atom stereocenters. The Morgan fingerprint density at radius 2 is 1.61 bits per heavy atom. The van der Waals surface area contributed by atoms with Gasteiger partial charge in [-0.1, -0.05) is 52.0 Å². The average molecular weight is 247 g/mol. The highest BCUT2D eigenvalue weighted by Crippen LogP contribution is 2.23. The van der Waals surface area contributed by atoms with Crippen LogP contribution >= 0.6 is 0 Å². The van der Waals surface area contributed by atoms with Crippen molar-refractivity contribution in [2.45, 2.75) is 59.4 Å². The maximum atomic E-state index is 3.45. The van der Waals surface area contributed by atoms with Crippen molar-refractivity contribution in [1.82, 2.24) is 5.32 Å². The summed E-state index contributed by atoms with van der Waals surface area (Å²) in [4.78, 5) is 0. The van der Waals surface area contributed by atoms with E-state index in [1.165, 1.54) is 30.4 Å². The van der Waals surface area contributed by atoms with E-state index in [4.69, 9.17) is 0 Å². The number of hydrogen-bond acceptors (Lipinski definition) is 1. The molecular weight excluding hydrogens is 218 g/mol. The van der Waals surface area contributed by atoms with E-state index in [2.05, 4.69) is 64.3 Å². The zero-order chi connectivity index (χ0) is 13.6. The lowest BCUT2D eigenvalue weighted by Crippen LogP contribution is -2.37. The first-order valence-electron chi connectivity index (χ1n) is 7.22. The normalized spacial score (nSPS) is 13.6. The van der Waals surface area contributed by atoms with Crippen molar-refractivity contribution in [3.05, 3.63) is 35.4 Å². The molecule has 0 fully saturated rings. The van der Waals surface area contributed by atoms with E-state index in [1.807, 2.05) is 0 Å².